The first-order chi connectivity index (χ1) is 12.4. The first-order valence-electron chi connectivity index (χ1n) is 8.31. The summed E-state index contributed by atoms with van der Waals surface area (Å²) in [6.45, 7) is 0.526. The van der Waals surface area contributed by atoms with Crippen molar-refractivity contribution in [1.82, 2.24) is 9.78 Å². The predicted octanol–water partition coefficient (Wildman–Crippen LogP) is 2.99. The molecular formula is C19H18FN3O2S. The minimum absolute atomic E-state index is 0.123. The highest BCUT2D eigenvalue weighted by Crippen LogP contribution is 2.54. The molecule has 1 saturated carbocycles. The molecule has 134 valence electrons. The molecule has 1 fully saturated rings. The van der Waals surface area contributed by atoms with E-state index < -0.39 is 10.0 Å². The zero-order chi connectivity index (χ0) is 18.3. The van der Waals surface area contributed by atoms with E-state index in [1.165, 1.54) is 12.1 Å². The van der Waals surface area contributed by atoms with Gasteiger partial charge in [-0.05, 0) is 53.8 Å². The second-order valence-corrected chi connectivity index (χ2v) is 8.19. The van der Waals surface area contributed by atoms with Gasteiger partial charge in [-0.1, -0.05) is 24.3 Å². The van der Waals surface area contributed by atoms with E-state index in [2.05, 4.69) is 5.10 Å². The number of hydrogen-bond acceptors (Lipinski definition) is 3. The Balaban J connectivity index is 1.45. The molecule has 1 aliphatic rings. The van der Waals surface area contributed by atoms with Gasteiger partial charge in [-0.2, -0.15) is 5.10 Å². The number of sulfonamides is 1. The van der Waals surface area contributed by atoms with Gasteiger partial charge in [-0.25, -0.2) is 17.9 Å². The van der Waals surface area contributed by atoms with Crippen LogP contribution in [0.15, 0.2) is 65.7 Å². The fraction of sp³-hybridized carbons (Fsp3) is 0.211. The van der Waals surface area contributed by atoms with E-state index in [1.54, 1.807) is 18.2 Å². The Morgan fingerprint density at radius 2 is 1.88 bits per heavy atom. The van der Waals surface area contributed by atoms with Crippen molar-refractivity contribution in [2.75, 3.05) is 0 Å². The highest BCUT2D eigenvalue weighted by atomic mass is 32.2. The lowest BCUT2D eigenvalue weighted by Crippen LogP contribution is -2.11. The van der Waals surface area contributed by atoms with Crippen LogP contribution >= 0.6 is 0 Å². The van der Waals surface area contributed by atoms with E-state index in [0.29, 0.717) is 18.4 Å². The number of hydrogen-bond donors (Lipinski definition) is 1. The maximum Gasteiger partial charge on any atom is 0.238 e. The second kappa shape index (κ2) is 6.34. The Kier molecular flexibility index (Phi) is 4.13. The van der Waals surface area contributed by atoms with E-state index in [-0.39, 0.29) is 10.7 Å². The van der Waals surface area contributed by atoms with Crippen molar-refractivity contribution >= 4 is 10.0 Å². The zero-order valence-corrected chi connectivity index (χ0v) is 14.7. The van der Waals surface area contributed by atoms with Crippen molar-refractivity contribution in [2.24, 2.45) is 5.14 Å². The average molecular weight is 371 g/mol. The molecule has 1 heterocycles. The summed E-state index contributed by atoms with van der Waals surface area (Å²) in [5, 5.41) is 9.74. The maximum atomic E-state index is 13.3. The average Bonchev–Trinajstić information content (AvgIpc) is 3.26. The summed E-state index contributed by atoms with van der Waals surface area (Å²) >= 11 is 0. The fourth-order valence-electron chi connectivity index (χ4n) is 3.28. The van der Waals surface area contributed by atoms with Crippen LogP contribution in [0.25, 0.3) is 0 Å². The summed E-state index contributed by atoms with van der Waals surface area (Å²) in [5.74, 6) is 0.409. The Morgan fingerprint density at radius 1 is 1.12 bits per heavy atom. The Morgan fingerprint density at radius 3 is 2.58 bits per heavy atom. The van der Waals surface area contributed by atoms with Crippen molar-refractivity contribution in [2.45, 2.75) is 29.7 Å². The molecule has 0 amide bonds. The molecule has 4 rings (SSSR count). The smallest absolute Gasteiger partial charge is 0.238 e. The normalized spacial score (nSPS) is 19.5. The predicted molar refractivity (Wildman–Crippen MR) is 95.6 cm³/mol. The second-order valence-electron chi connectivity index (χ2n) is 6.63. The number of halogens is 1. The van der Waals surface area contributed by atoms with Crippen molar-refractivity contribution in [1.29, 1.82) is 0 Å². The van der Waals surface area contributed by atoms with E-state index in [0.717, 1.165) is 23.2 Å². The van der Waals surface area contributed by atoms with Crippen LogP contribution in [0, 0.1) is 5.82 Å². The summed E-state index contributed by atoms with van der Waals surface area (Å²) < 4.78 is 37.8. The molecule has 3 aromatic rings. The van der Waals surface area contributed by atoms with Gasteiger partial charge in [0, 0.05) is 12.1 Å². The van der Waals surface area contributed by atoms with Gasteiger partial charge in [0.25, 0.3) is 0 Å². The molecule has 7 heteroatoms. The highest BCUT2D eigenvalue weighted by molar-refractivity contribution is 7.89. The molecule has 0 radical (unpaired) electrons. The number of nitrogens with two attached hydrogens (primary N) is 1. The van der Waals surface area contributed by atoms with Crippen molar-refractivity contribution in [3.63, 3.8) is 0 Å². The molecule has 1 aromatic heterocycles. The van der Waals surface area contributed by atoms with E-state index in [9.17, 15) is 12.8 Å². The summed E-state index contributed by atoms with van der Waals surface area (Å²) in [4.78, 5) is 0.123. The van der Waals surface area contributed by atoms with Gasteiger partial charge < -0.3 is 0 Å². The Labute approximate surface area is 151 Å². The third-order valence-electron chi connectivity index (χ3n) is 4.70. The third-order valence-corrected chi connectivity index (χ3v) is 5.63. The quantitative estimate of drug-likeness (QED) is 0.749. The van der Waals surface area contributed by atoms with E-state index >= 15 is 0 Å². The lowest BCUT2D eigenvalue weighted by Gasteiger charge is -2.03. The largest absolute Gasteiger partial charge is 0.268 e. The van der Waals surface area contributed by atoms with Crippen LogP contribution in [0.3, 0.4) is 0 Å². The van der Waals surface area contributed by atoms with Gasteiger partial charge >= 0.3 is 0 Å². The topological polar surface area (TPSA) is 78.0 Å². The van der Waals surface area contributed by atoms with Crippen LogP contribution < -0.4 is 5.14 Å². The van der Waals surface area contributed by atoms with Gasteiger partial charge in [-0.15, -0.1) is 0 Å². The summed E-state index contributed by atoms with van der Waals surface area (Å²) in [7, 11) is -3.66. The minimum atomic E-state index is -3.66. The first-order valence-corrected chi connectivity index (χ1v) is 9.85. The number of aromatic nitrogens is 2. The standard InChI is InChI=1S/C19H18FN3O2S/c20-15-3-1-2-13(10-15)12-23-9-8-19(22-23)18-11-17(18)14-4-6-16(7-5-14)26(21,24)25/h1-10,17-18H,11-12H2,(H2,21,24,25)/t17-,18+/m0/s1. The van der Waals surface area contributed by atoms with Crippen molar-refractivity contribution in [3.8, 4) is 0 Å². The van der Waals surface area contributed by atoms with Crippen molar-refractivity contribution < 1.29 is 12.8 Å². The van der Waals surface area contributed by atoms with Crippen LogP contribution in [-0.2, 0) is 16.6 Å². The zero-order valence-electron chi connectivity index (χ0n) is 13.9. The molecule has 0 saturated heterocycles. The lowest BCUT2D eigenvalue weighted by molar-refractivity contribution is 0.597. The lowest BCUT2D eigenvalue weighted by atomic mass is 10.1. The van der Waals surface area contributed by atoms with Crippen LogP contribution in [0.1, 0.15) is 35.1 Å². The molecule has 0 bridgehead atoms. The van der Waals surface area contributed by atoms with Crippen LogP contribution in [-0.4, -0.2) is 18.2 Å². The van der Waals surface area contributed by atoms with E-state index in [1.807, 2.05) is 35.1 Å². The summed E-state index contributed by atoms with van der Waals surface area (Å²) in [6.07, 6.45) is 2.88. The molecule has 2 N–H and O–H groups in total. The number of nitrogens with zero attached hydrogens (tertiary/aromatic N) is 2. The SMILES string of the molecule is NS(=O)(=O)c1ccc([C@@H]2C[C@H]2c2ccn(Cc3cccc(F)c3)n2)cc1. The van der Waals surface area contributed by atoms with Crippen LogP contribution in [0.5, 0.6) is 0 Å². The fourth-order valence-corrected chi connectivity index (χ4v) is 3.80. The molecule has 5 nitrogen and oxygen atoms in total. The first kappa shape index (κ1) is 16.9. The van der Waals surface area contributed by atoms with Gasteiger partial charge in [-0.3, -0.25) is 4.68 Å². The third kappa shape index (κ3) is 3.54. The Hall–Kier alpha value is -2.51. The molecule has 0 spiro atoms. The molecule has 0 unspecified atom stereocenters. The van der Waals surface area contributed by atoms with Gasteiger partial charge in [0.05, 0.1) is 17.1 Å². The Bertz CT molecular complexity index is 1040. The van der Waals surface area contributed by atoms with Crippen LogP contribution in [0.2, 0.25) is 0 Å². The molecule has 2 atom stereocenters. The van der Waals surface area contributed by atoms with E-state index in [4.69, 9.17) is 5.14 Å². The maximum absolute atomic E-state index is 13.3. The number of primary sulfonamides is 1. The number of rotatable bonds is 5. The van der Waals surface area contributed by atoms with Crippen molar-refractivity contribution in [3.05, 3.63) is 83.4 Å². The molecule has 0 aliphatic heterocycles. The molecule has 1 aliphatic carbocycles. The van der Waals surface area contributed by atoms with Gasteiger partial charge in [0.1, 0.15) is 5.82 Å². The highest BCUT2D eigenvalue weighted by Gasteiger charge is 2.41. The number of benzene rings is 2. The molecular weight excluding hydrogens is 353 g/mol. The summed E-state index contributed by atoms with van der Waals surface area (Å²) in [5.41, 5.74) is 2.95. The minimum Gasteiger partial charge on any atom is -0.268 e. The van der Waals surface area contributed by atoms with Gasteiger partial charge in [0.15, 0.2) is 0 Å². The van der Waals surface area contributed by atoms with Gasteiger partial charge in [0.2, 0.25) is 10.0 Å². The van der Waals surface area contributed by atoms with Crippen LogP contribution in [0.4, 0.5) is 4.39 Å². The molecule has 26 heavy (non-hydrogen) atoms. The summed E-state index contributed by atoms with van der Waals surface area (Å²) in [6, 6.07) is 15.2. The molecule has 2 aromatic carbocycles. The monoisotopic (exact) mass is 371 g/mol.